The third-order valence-electron chi connectivity index (χ3n) is 4.62. The fourth-order valence-corrected chi connectivity index (χ4v) is 4.39. The topological polar surface area (TPSA) is 145 Å². The Hall–Kier alpha value is -3.61. The van der Waals surface area contributed by atoms with Crippen molar-refractivity contribution >= 4 is 39.4 Å². The molecule has 12 heteroatoms. The molecule has 1 fully saturated rings. The third kappa shape index (κ3) is 6.44. The number of anilines is 1. The number of hydrogen-bond donors (Lipinski definition) is 1. The van der Waals surface area contributed by atoms with E-state index in [0.717, 1.165) is 6.08 Å². The van der Waals surface area contributed by atoms with Crippen LogP contribution in [-0.4, -0.2) is 62.4 Å². The summed E-state index contributed by atoms with van der Waals surface area (Å²) in [5, 5.41) is 13.5. The van der Waals surface area contributed by atoms with Crippen LogP contribution in [0.3, 0.4) is 0 Å². The number of amides is 1. The van der Waals surface area contributed by atoms with E-state index >= 15 is 0 Å². The van der Waals surface area contributed by atoms with Crippen molar-refractivity contribution in [2.24, 2.45) is 0 Å². The van der Waals surface area contributed by atoms with Crippen molar-refractivity contribution in [2.75, 3.05) is 38.2 Å². The Morgan fingerprint density at radius 3 is 2.45 bits per heavy atom. The lowest BCUT2D eigenvalue weighted by Crippen LogP contribution is -2.40. The van der Waals surface area contributed by atoms with Gasteiger partial charge in [0.05, 0.1) is 28.6 Å². The molecule has 2 aromatic rings. The van der Waals surface area contributed by atoms with Crippen molar-refractivity contribution in [1.82, 2.24) is 4.31 Å². The van der Waals surface area contributed by atoms with Gasteiger partial charge in [-0.3, -0.25) is 14.9 Å². The average Bonchev–Trinajstić information content (AvgIpc) is 2.82. The van der Waals surface area contributed by atoms with Gasteiger partial charge >= 0.3 is 5.97 Å². The van der Waals surface area contributed by atoms with Crippen molar-refractivity contribution in [3.8, 4) is 0 Å². The fourth-order valence-electron chi connectivity index (χ4n) is 2.98. The summed E-state index contributed by atoms with van der Waals surface area (Å²) in [6.07, 6.45) is 2.22. The standard InChI is InChI=1S/C21H21N3O8S/c25-20(15-32-21(26)10-5-16-3-1-2-4-19(16)24(27)28)22-17-6-8-18(9-7-17)33(29,30)23-11-13-31-14-12-23/h1-10H,11-15H2,(H,22,25)/b10-5+. The molecule has 174 valence electrons. The number of morpholine rings is 1. The molecule has 0 radical (unpaired) electrons. The van der Waals surface area contributed by atoms with Gasteiger partial charge in [-0.15, -0.1) is 0 Å². The van der Waals surface area contributed by atoms with Gasteiger partial charge in [-0.05, 0) is 36.4 Å². The van der Waals surface area contributed by atoms with Gasteiger partial charge in [0, 0.05) is 30.9 Å². The summed E-state index contributed by atoms with van der Waals surface area (Å²) < 4.78 is 36.5. The van der Waals surface area contributed by atoms with Crippen molar-refractivity contribution in [1.29, 1.82) is 0 Å². The van der Waals surface area contributed by atoms with E-state index in [-0.39, 0.29) is 29.2 Å². The lowest BCUT2D eigenvalue weighted by Gasteiger charge is -2.26. The van der Waals surface area contributed by atoms with Crippen LogP contribution in [0, 0.1) is 10.1 Å². The summed E-state index contributed by atoms with van der Waals surface area (Å²) in [7, 11) is -3.64. The lowest BCUT2D eigenvalue weighted by atomic mass is 10.1. The minimum atomic E-state index is -3.64. The summed E-state index contributed by atoms with van der Waals surface area (Å²) in [4.78, 5) is 34.3. The van der Waals surface area contributed by atoms with E-state index < -0.39 is 33.4 Å². The highest BCUT2D eigenvalue weighted by Crippen LogP contribution is 2.20. The minimum Gasteiger partial charge on any atom is -0.452 e. The number of rotatable bonds is 8. The van der Waals surface area contributed by atoms with Crippen LogP contribution in [0.25, 0.3) is 6.08 Å². The summed E-state index contributed by atoms with van der Waals surface area (Å²) in [5.41, 5.74) is 0.377. The number of benzene rings is 2. The smallest absolute Gasteiger partial charge is 0.331 e. The van der Waals surface area contributed by atoms with Crippen LogP contribution in [0.1, 0.15) is 5.56 Å². The fraction of sp³-hybridized carbons (Fsp3) is 0.238. The van der Waals surface area contributed by atoms with E-state index in [4.69, 9.17) is 9.47 Å². The van der Waals surface area contributed by atoms with Crippen molar-refractivity contribution in [3.05, 3.63) is 70.3 Å². The Kier molecular flexibility index (Phi) is 7.87. The molecule has 1 aliphatic rings. The van der Waals surface area contributed by atoms with Gasteiger partial charge in [-0.2, -0.15) is 4.31 Å². The maximum Gasteiger partial charge on any atom is 0.331 e. The highest BCUT2D eigenvalue weighted by atomic mass is 32.2. The highest BCUT2D eigenvalue weighted by molar-refractivity contribution is 7.89. The summed E-state index contributed by atoms with van der Waals surface area (Å²) >= 11 is 0. The van der Waals surface area contributed by atoms with Gasteiger partial charge < -0.3 is 14.8 Å². The molecular formula is C21H21N3O8S. The van der Waals surface area contributed by atoms with E-state index in [2.05, 4.69) is 5.32 Å². The average molecular weight is 475 g/mol. The van der Waals surface area contributed by atoms with Gasteiger partial charge in [0.1, 0.15) is 0 Å². The third-order valence-corrected chi connectivity index (χ3v) is 6.54. The summed E-state index contributed by atoms with van der Waals surface area (Å²) in [5.74, 6) is -1.48. The second-order valence-corrected chi connectivity index (χ2v) is 8.78. The van der Waals surface area contributed by atoms with Crippen LogP contribution in [0.5, 0.6) is 0 Å². The first kappa shape index (κ1) is 24.0. The Balaban J connectivity index is 1.52. The first-order valence-electron chi connectivity index (χ1n) is 9.83. The number of carbonyl (C=O) groups is 2. The van der Waals surface area contributed by atoms with Gasteiger partial charge in [0.25, 0.3) is 11.6 Å². The van der Waals surface area contributed by atoms with Crippen LogP contribution in [-0.2, 0) is 29.1 Å². The van der Waals surface area contributed by atoms with E-state index in [1.165, 1.54) is 52.8 Å². The largest absolute Gasteiger partial charge is 0.452 e. The quantitative estimate of drug-likeness (QED) is 0.263. The van der Waals surface area contributed by atoms with Crippen LogP contribution in [0.2, 0.25) is 0 Å². The van der Waals surface area contributed by atoms with E-state index in [1.807, 2.05) is 0 Å². The molecule has 33 heavy (non-hydrogen) atoms. The molecule has 1 amide bonds. The molecule has 0 spiro atoms. The minimum absolute atomic E-state index is 0.0916. The van der Waals surface area contributed by atoms with Crippen LogP contribution < -0.4 is 5.32 Å². The van der Waals surface area contributed by atoms with Gasteiger partial charge in [-0.25, -0.2) is 13.2 Å². The lowest BCUT2D eigenvalue weighted by molar-refractivity contribution is -0.385. The summed E-state index contributed by atoms with van der Waals surface area (Å²) in [6, 6.07) is 11.5. The van der Waals surface area contributed by atoms with Crippen molar-refractivity contribution in [2.45, 2.75) is 4.90 Å². The predicted octanol–water partition coefficient (Wildman–Crippen LogP) is 1.81. The normalized spacial score (nSPS) is 14.7. The number of sulfonamides is 1. The van der Waals surface area contributed by atoms with Gasteiger partial charge in [-0.1, -0.05) is 12.1 Å². The molecule has 11 nitrogen and oxygen atoms in total. The molecule has 1 saturated heterocycles. The molecule has 0 aliphatic carbocycles. The Morgan fingerprint density at radius 1 is 1.12 bits per heavy atom. The first-order chi connectivity index (χ1) is 15.8. The number of hydrogen-bond acceptors (Lipinski definition) is 8. The molecule has 0 unspecified atom stereocenters. The number of nitrogens with zero attached hydrogens (tertiary/aromatic N) is 2. The Labute approximate surface area is 189 Å². The maximum absolute atomic E-state index is 12.6. The molecule has 0 atom stereocenters. The van der Waals surface area contributed by atoms with Gasteiger partial charge in [0.2, 0.25) is 10.0 Å². The van der Waals surface area contributed by atoms with Crippen molar-refractivity contribution in [3.63, 3.8) is 0 Å². The second kappa shape index (κ2) is 10.8. The number of para-hydroxylation sites is 1. The first-order valence-corrected chi connectivity index (χ1v) is 11.3. The zero-order chi connectivity index (χ0) is 23.8. The van der Waals surface area contributed by atoms with Crippen LogP contribution in [0.4, 0.5) is 11.4 Å². The second-order valence-electron chi connectivity index (χ2n) is 6.85. The van der Waals surface area contributed by atoms with Crippen LogP contribution in [0.15, 0.2) is 59.5 Å². The highest BCUT2D eigenvalue weighted by Gasteiger charge is 2.26. The monoisotopic (exact) mass is 475 g/mol. The van der Waals surface area contributed by atoms with Crippen LogP contribution >= 0.6 is 0 Å². The molecular weight excluding hydrogens is 454 g/mol. The summed E-state index contributed by atoms with van der Waals surface area (Å²) in [6.45, 7) is 0.636. The number of ether oxygens (including phenoxy) is 2. The van der Waals surface area contributed by atoms with Gasteiger partial charge in [0.15, 0.2) is 6.61 Å². The maximum atomic E-state index is 12.6. The number of esters is 1. The number of nitrogens with one attached hydrogen (secondary N) is 1. The molecule has 2 aromatic carbocycles. The zero-order valence-corrected chi connectivity index (χ0v) is 18.2. The number of nitro benzene ring substituents is 1. The number of nitro groups is 1. The van der Waals surface area contributed by atoms with E-state index in [0.29, 0.717) is 18.9 Å². The molecule has 0 bridgehead atoms. The SMILES string of the molecule is O=C(COC(=O)/C=C/c1ccccc1[N+](=O)[O-])Nc1ccc(S(=O)(=O)N2CCOCC2)cc1. The number of carbonyl (C=O) groups excluding carboxylic acids is 2. The molecule has 0 aromatic heterocycles. The zero-order valence-electron chi connectivity index (χ0n) is 17.4. The molecule has 3 rings (SSSR count). The molecule has 1 heterocycles. The molecule has 1 aliphatic heterocycles. The predicted molar refractivity (Wildman–Crippen MR) is 118 cm³/mol. The Morgan fingerprint density at radius 2 is 1.79 bits per heavy atom. The Bertz CT molecular complexity index is 1160. The van der Waals surface area contributed by atoms with E-state index in [1.54, 1.807) is 6.07 Å². The van der Waals surface area contributed by atoms with Crippen molar-refractivity contribution < 1.29 is 32.4 Å². The molecule has 1 N–H and O–H groups in total. The molecule has 0 saturated carbocycles. The van der Waals surface area contributed by atoms with E-state index in [9.17, 15) is 28.1 Å².